The molecule has 1 atom stereocenters. The Morgan fingerprint density at radius 2 is 1.94 bits per heavy atom. The monoisotopic (exact) mass is 307 g/mol. The summed E-state index contributed by atoms with van der Waals surface area (Å²) in [5, 5.41) is 1.20. The van der Waals surface area contributed by atoms with E-state index in [9.17, 15) is 0 Å². The zero-order valence-corrected chi connectivity index (χ0v) is 13.2. The van der Waals surface area contributed by atoms with Gasteiger partial charge in [0.1, 0.15) is 0 Å². The van der Waals surface area contributed by atoms with E-state index in [4.69, 9.17) is 34.8 Å². The van der Waals surface area contributed by atoms with Gasteiger partial charge in [-0.3, -0.25) is 0 Å². The highest BCUT2D eigenvalue weighted by Gasteiger charge is 2.15. The van der Waals surface area contributed by atoms with Gasteiger partial charge in [-0.15, -0.1) is 11.6 Å². The number of likely N-dealkylation sites (N-methyl/N-ethyl adjacent to an activating group) is 1. The fraction of sp³-hybridized carbons (Fsp3) is 0.571. The lowest BCUT2D eigenvalue weighted by Gasteiger charge is -2.23. The third-order valence-corrected chi connectivity index (χ3v) is 3.93. The minimum Gasteiger partial charge on any atom is -0.302 e. The molecule has 0 aliphatic carbocycles. The van der Waals surface area contributed by atoms with Crippen molar-refractivity contribution in [3.05, 3.63) is 33.8 Å². The van der Waals surface area contributed by atoms with Gasteiger partial charge in [0.15, 0.2) is 0 Å². The number of halogens is 3. The number of unbranched alkanes of at least 4 members (excludes halogenated alkanes) is 1. The van der Waals surface area contributed by atoms with E-state index in [2.05, 4.69) is 18.7 Å². The first-order chi connectivity index (χ1) is 8.58. The second-order valence-corrected chi connectivity index (χ2v) is 5.75. The van der Waals surface area contributed by atoms with Crippen molar-refractivity contribution in [2.24, 2.45) is 0 Å². The summed E-state index contributed by atoms with van der Waals surface area (Å²) in [6, 6.07) is 5.49. The maximum absolute atomic E-state index is 6.45. The third-order valence-electron chi connectivity index (χ3n) is 2.99. The molecule has 18 heavy (non-hydrogen) atoms. The van der Waals surface area contributed by atoms with E-state index in [0.29, 0.717) is 10.0 Å². The first-order valence-corrected chi connectivity index (χ1v) is 7.59. The molecule has 1 aromatic carbocycles. The van der Waals surface area contributed by atoms with Gasteiger partial charge in [0.05, 0.1) is 5.38 Å². The van der Waals surface area contributed by atoms with Gasteiger partial charge in [-0.05, 0) is 37.2 Å². The molecule has 0 amide bonds. The number of hydrogen-bond donors (Lipinski definition) is 0. The molecule has 0 N–H and O–H groups in total. The van der Waals surface area contributed by atoms with Crippen molar-refractivity contribution in [3.8, 4) is 0 Å². The van der Waals surface area contributed by atoms with Crippen LogP contribution in [-0.2, 0) is 0 Å². The Bertz CT molecular complexity index is 368. The molecule has 0 spiro atoms. The van der Waals surface area contributed by atoms with Gasteiger partial charge >= 0.3 is 0 Å². The maximum atomic E-state index is 6.45. The van der Waals surface area contributed by atoms with Crippen LogP contribution in [-0.4, -0.2) is 24.5 Å². The van der Waals surface area contributed by atoms with E-state index in [-0.39, 0.29) is 5.38 Å². The van der Waals surface area contributed by atoms with E-state index in [1.54, 1.807) is 6.07 Å². The van der Waals surface area contributed by atoms with E-state index in [1.807, 2.05) is 12.1 Å². The van der Waals surface area contributed by atoms with Crippen molar-refractivity contribution in [2.75, 3.05) is 19.6 Å². The number of rotatable bonds is 7. The van der Waals surface area contributed by atoms with Crippen LogP contribution in [0.3, 0.4) is 0 Å². The molecular weight excluding hydrogens is 289 g/mol. The molecule has 0 saturated carbocycles. The fourth-order valence-corrected chi connectivity index (χ4v) is 2.82. The zero-order chi connectivity index (χ0) is 13.5. The Labute approximate surface area is 125 Å². The highest BCUT2D eigenvalue weighted by atomic mass is 35.5. The van der Waals surface area contributed by atoms with Crippen LogP contribution in [0.2, 0.25) is 10.0 Å². The number of nitrogens with zero attached hydrogens (tertiary/aromatic N) is 1. The Morgan fingerprint density at radius 3 is 2.50 bits per heavy atom. The first kappa shape index (κ1) is 16.1. The van der Waals surface area contributed by atoms with Gasteiger partial charge in [-0.2, -0.15) is 0 Å². The molecule has 102 valence electrons. The molecule has 0 aliphatic rings. The van der Waals surface area contributed by atoms with Crippen LogP contribution < -0.4 is 0 Å². The summed E-state index contributed by atoms with van der Waals surface area (Å²) < 4.78 is 0. The molecule has 1 nitrogen and oxygen atoms in total. The van der Waals surface area contributed by atoms with Crippen LogP contribution in [0.1, 0.15) is 37.6 Å². The molecule has 0 aromatic heterocycles. The topological polar surface area (TPSA) is 3.24 Å². The summed E-state index contributed by atoms with van der Waals surface area (Å²) in [5.41, 5.74) is 0.956. The highest BCUT2D eigenvalue weighted by Crippen LogP contribution is 2.30. The molecule has 4 heteroatoms. The van der Waals surface area contributed by atoms with Crippen molar-refractivity contribution < 1.29 is 0 Å². The maximum Gasteiger partial charge on any atom is 0.0726 e. The summed E-state index contributed by atoms with van der Waals surface area (Å²) in [6.07, 6.45) is 2.40. The molecule has 1 rings (SSSR count). The van der Waals surface area contributed by atoms with Crippen molar-refractivity contribution in [2.45, 2.75) is 32.1 Å². The van der Waals surface area contributed by atoms with Gasteiger partial charge in [-0.25, -0.2) is 0 Å². The van der Waals surface area contributed by atoms with Crippen LogP contribution in [0, 0.1) is 0 Å². The molecular formula is C14H20Cl3N. The molecule has 0 radical (unpaired) electrons. The minimum absolute atomic E-state index is 0.0911. The molecule has 0 saturated heterocycles. The second-order valence-electron chi connectivity index (χ2n) is 4.38. The summed E-state index contributed by atoms with van der Waals surface area (Å²) >= 11 is 18.5. The molecule has 1 aromatic rings. The summed E-state index contributed by atoms with van der Waals surface area (Å²) in [6.45, 7) is 7.26. The predicted molar refractivity (Wildman–Crippen MR) is 82.1 cm³/mol. The van der Waals surface area contributed by atoms with Gasteiger partial charge in [-0.1, -0.05) is 49.5 Å². The van der Waals surface area contributed by atoms with Crippen LogP contribution in [0.25, 0.3) is 0 Å². The van der Waals surface area contributed by atoms with Crippen LogP contribution in [0.5, 0.6) is 0 Å². The van der Waals surface area contributed by atoms with E-state index in [0.717, 1.165) is 25.2 Å². The first-order valence-electron chi connectivity index (χ1n) is 6.39. The Balaban J connectivity index is 2.65. The number of hydrogen-bond acceptors (Lipinski definition) is 1. The second kappa shape index (κ2) is 8.27. The molecule has 0 bridgehead atoms. The Hall–Kier alpha value is 0.0500. The van der Waals surface area contributed by atoms with Gasteiger partial charge < -0.3 is 4.90 Å². The van der Waals surface area contributed by atoms with Crippen molar-refractivity contribution in [1.82, 2.24) is 4.90 Å². The quantitative estimate of drug-likeness (QED) is 0.610. The summed E-state index contributed by atoms with van der Waals surface area (Å²) in [5.74, 6) is 0. The normalized spacial score (nSPS) is 13.0. The lowest BCUT2D eigenvalue weighted by atomic mass is 10.1. The molecule has 0 aliphatic heterocycles. The fourth-order valence-electron chi connectivity index (χ4n) is 1.84. The van der Waals surface area contributed by atoms with Gasteiger partial charge in [0.25, 0.3) is 0 Å². The molecule has 0 fully saturated rings. The van der Waals surface area contributed by atoms with Crippen molar-refractivity contribution >= 4 is 34.8 Å². The Kier molecular flexibility index (Phi) is 7.40. The average molecular weight is 309 g/mol. The smallest absolute Gasteiger partial charge is 0.0726 e. The standard InChI is InChI=1S/C14H20Cl3N/c1-3-5-8-18(4-2)10-14(17)12-7-6-11(15)9-13(12)16/h6-7,9,14H,3-5,8,10H2,1-2H3. The Morgan fingerprint density at radius 1 is 1.22 bits per heavy atom. The van der Waals surface area contributed by atoms with Gasteiger partial charge in [0.2, 0.25) is 0 Å². The predicted octanol–water partition coefficient (Wildman–Crippen LogP) is 5.40. The van der Waals surface area contributed by atoms with E-state index < -0.39 is 0 Å². The van der Waals surface area contributed by atoms with Crippen LogP contribution in [0.4, 0.5) is 0 Å². The van der Waals surface area contributed by atoms with Crippen LogP contribution >= 0.6 is 34.8 Å². The SMILES string of the molecule is CCCCN(CC)CC(Cl)c1ccc(Cl)cc1Cl. The van der Waals surface area contributed by atoms with Gasteiger partial charge in [0, 0.05) is 16.6 Å². The molecule has 1 unspecified atom stereocenters. The van der Waals surface area contributed by atoms with E-state index in [1.165, 1.54) is 12.8 Å². The zero-order valence-electron chi connectivity index (χ0n) is 10.9. The lowest BCUT2D eigenvalue weighted by molar-refractivity contribution is 0.283. The van der Waals surface area contributed by atoms with Crippen molar-refractivity contribution in [1.29, 1.82) is 0 Å². The highest BCUT2D eigenvalue weighted by molar-refractivity contribution is 6.35. The number of benzene rings is 1. The molecule has 0 heterocycles. The lowest BCUT2D eigenvalue weighted by Crippen LogP contribution is -2.28. The average Bonchev–Trinajstić information content (AvgIpc) is 2.34. The largest absolute Gasteiger partial charge is 0.302 e. The van der Waals surface area contributed by atoms with Crippen molar-refractivity contribution in [3.63, 3.8) is 0 Å². The summed E-state index contributed by atoms with van der Waals surface area (Å²) in [4.78, 5) is 2.35. The third kappa shape index (κ3) is 4.97. The summed E-state index contributed by atoms with van der Waals surface area (Å²) in [7, 11) is 0. The number of alkyl halides is 1. The minimum atomic E-state index is -0.0911. The van der Waals surface area contributed by atoms with E-state index >= 15 is 0 Å². The van der Waals surface area contributed by atoms with Crippen LogP contribution in [0.15, 0.2) is 18.2 Å².